The number of hydrogen-bond acceptors (Lipinski definition) is 3. The number of nitrogens with one attached hydrogen (secondary N) is 1. The van der Waals surface area contributed by atoms with Crippen molar-refractivity contribution in [2.45, 2.75) is 12.5 Å². The van der Waals surface area contributed by atoms with Gasteiger partial charge in [-0.1, -0.05) is 30.3 Å². The minimum Gasteiger partial charge on any atom is -0.370 e. The summed E-state index contributed by atoms with van der Waals surface area (Å²) in [6.07, 6.45) is 0.566. The van der Waals surface area contributed by atoms with E-state index in [-0.39, 0.29) is 12.0 Å². The molecule has 0 saturated carbocycles. The first-order chi connectivity index (χ1) is 8.81. The highest BCUT2D eigenvalue weighted by molar-refractivity contribution is 5.76. The number of benzene rings is 1. The topological polar surface area (TPSA) is 41.6 Å². The molecule has 1 atom stereocenters. The van der Waals surface area contributed by atoms with Crippen molar-refractivity contribution in [1.29, 1.82) is 0 Å². The lowest BCUT2D eigenvalue weighted by atomic mass is 10.1. The first-order valence-corrected chi connectivity index (χ1v) is 6.40. The molecule has 1 aliphatic heterocycles. The highest BCUT2D eigenvalue weighted by Gasteiger charge is 2.24. The van der Waals surface area contributed by atoms with E-state index in [1.54, 1.807) is 0 Å². The van der Waals surface area contributed by atoms with Crippen LogP contribution in [-0.2, 0) is 9.53 Å². The van der Waals surface area contributed by atoms with Gasteiger partial charge in [-0.3, -0.25) is 4.79 Å². The molecule has 18 heavy (non-hydrogen) atoms. The standard InChI is InChI=1S/C14H20N2O2/c1-15-8-7-14(17)16-9-10-18-13(11-16)12-5-3-2-4-6-12/h2-6,13,15H,7-11H2,1H3. The molecule has 1 aromatic carbocycles. The predicted molar refractivity (Wildman–Crippen MR) is 70.3 cm³/mol. The molecule has 1 saturated heterocycles. The molecule has 98 valence electrons. The van der Waals surface area contributed by atoms with Crippen LogP contribution >= 0.6 is 0 Å². The van der Waals surface area contributed by atoms with Crippen LogP contribution in [0.5, 0.6) is 0 Å². The van der Waals surface area contributed by atoms with Crippen molar-refractivity contribution >= 4 is 5.91 Å². The van der Waals surface area contributed by atoms with E-state index in [1.165, 1.54) is 0 Å². The fraction of sp³-hybridized carbons (Fsp3) is 0.500. The van der Waals surface area contributed by atoms with Gasteiger partial charge < -0.3 is 15.0 Å². The molecule has 2 rings (SSSR count). The summed E-state index contributed by atoms with van der Waals surface area (Å²) >= 11 is 0. The molecule has 0 aliphatic carbocycles. The maximum atomic E-state index is 12.0. The van der Waals surface area contributed by atoms with Crippen molar-refractivity contribution in [3.8, 4) is 0 Å². The lowest BCUT2D eigenvalue weighted by Gasteiger charge is -2.33. The first-order valence-electron chi connectivity index (χ1n) is 6.40. The van der Waals surface area contributed by atoms with Gasteiger partial charge in [0.15, 0.2) is 0 Å². The van der Waals surface area contributed by atoms with E-state index >= 15 is 0 Å². The Kier molecular flexibility index (Phi) is 4.73. The minimum atomic E-state index is 0.0125. The number of carbonyl (C=O) groups excluding carboxylic acids is 1. The summed E-state index contributed by atoms with van der Waals surface area (Å²) in [6.45, 7) is 2.70. The molecule has 1 fully saturated rings. The molecule has 4 nitrogen and oxygen atoms in total. The summed E-state index contributed by atoms with van der Waals surface area (Å²) in [5.74, 6) is 0.202. The van der Waals surface area contributed by atoms with E-state index in [0.717, 1.165) is 12.1 Å². The third-order valence-electron chi connectivity index (χ3n) is 3.18. The highest BCUT2D eigenvalue weighted by atomic mass is 16.5. The van der Waals surface area contributed by atoms with Gasteiger partial charge in [-0.2, -0.15) is 0 Å². The number of ether oxygens (including phenoxy) is 1. The number of hydrogen-bond donors (Lipinski definition) is 1. The van der Waals surface area contributed by atoms with Gasteiger partial charge in [-0.15, -0.1) is 0 Å². The molecule has 0 aromatic heterocycles. The summed E-state index contributed by atoms with van der Waals surface area (Å²) in [7, 11) is 1.86. The summed E-state index contributed by atoms with van der Waals surface area (Å²) in [5.41, 5.74) is 1.14. The van der Waals surface area contributed by atoms with Crippen LogP contribution in [0.4, 0.5) is 0 Å². The monoisotopic (exact) mass is 248 g/mol. The number of morpholine rings is 1. The Bertz CT molecular complexity index is 381. The molecule has 1 heterocycles. The zero-order valence-corrected chi connectivity index (χ0v) is 10.8. The molecule has 0 bridgehead atoms. The Morgan fingerprint density at radius 1 is 1.44 bits per heavy atom. The number of amides is 1. The van der Waals surface area contributed by atoms with Gasteiger partial charge in [-0.05, 0) is 12.6 Å². The average Bonchev–Trinajstić information content (AvgIpc) is 2.46. The molecule has 0 spiro atoms. The van der Waals surface area contributed by atoms with Crippen LogP contribution in [0.2, 0.25) is 0 Å². The second kappa shape index (κ2) is 6.52. The third-order valence-corrected chi connectivity index (χ3v) is 3.18. The van der Waals surface area contributed by atoms with Crippen LogP contribution in [0.1, 0.15) is 18.1 Å². The van der Waals surface area contributed by atoms with Gasteiger partial charge in [0, 0.05) is 19.5 Å². The quantitative estimate of drug-likeness (QED) is 0.870. The summed E-state index contributed by atoms with van der Waals surface area (Å²) < 4.78 is 5.74. The van der Waals surface area contributed by atoms with Crippen molar-refractivity contribution in [2.75, 3.05) is 33.3 Å². The second-order valence-corrected chi connectivity index (χ2v) is 4.46. The molecule has 1 amide bonds. The molecule has 0 radical (unpaired) electrons. The van der Waals surface area contributed by atoms with Gasteiger partial charge in [-0.25, -0.2) is 0 Å². The number of rotatable bonds is 4. The van der Waals surface area contributed by atoms with Gasteiger partial charge in [0.25, 0.3) is 0 Å². The normalized spacial score (nSPS) is 19.8. The van der Waals surface area contributed by atoms with E-state index in [1.807, 2.05) is 42.3 Å². The molecule has 4 heteroatoms. The van der Waals surface area contributed by atoms with Crippen molar-refractivity contribution in [3.63, 3.8) is 0 Å². The van der Waals surface area contributed by atoms with E-state index in [2.05, 4.69) is 5.32 Å². The van der Waals surface area contributed by atoms with E-state index in [4.69, 9.17) is 4.74 Å². The van der Waals surface area contributed by atoms with Gasteiger partial charge in [0.1, 0.15) is 6.10 Å². The van der Waals surface area contributed by atoms with Crippen LogP contribution in [0.15, 0.2) is 30.3 Å². The Morgan fingerprint density at radius 3 is 2.94 bits per heavy atom. The van der Waals surface area contributed by atoms with E-state index < -0.39 is 0 Å². The Balaban J connectivity index is 1.94. The largest absolute Gasteiger partial charge is 0.370 e. The van der Waals surface area contributed by atoms with Crippen molar-refractivity contribution in [1.82, 2.24) is 10.2 Å². The van der Waals surface area contributed by atoms with E-state index in [9.17, 15) is 4.79 Å². The molecular formula is C14H20N2O2. The summed E-state index contributed by atoms with van der Waals surface area (Å²) in [5, 5.41) is 3.00. The molecular weight excluding hydrogens is 228 g/mol. The second-order valence-electron chi connectivity index (χ2n) is 4.46. The minimum absolute atomic E-state index is 0.0125. The average molecular weight is 248 g/mol. The zero-order chi connectivity index (χ0) is 12.8. The van der Waals surface area contributed by atoms with E-state index in [0.29, 0.717) is 26.1 Å². The lowest BCUT2D eigenvalue weighted by molar-refractivity contribution is -0.138. The third kappa shape index (κ3) is 3.31. The summed E-state index contributed by atoms with van der Waals surface area (Å²) in [4.78, 5) is 13.9. The lowest BCUT2D eigenvalue weighted by Crippen LogP contribution is -2.42. The van der Waals surface area contributed by atoms with Gasteiger partial charge in [0.05, 0.1) is 13.2 Å². The maximum absolute atomic E-state index is 12.0. The SMILES string of the molecule is CNCCC(=O)N1CCOC(c2ccccc2)C1. The fourth-order valence-corrected chi connectivity index (χ4v) is 2.14. The molecule has 1 unspecified atom stereocenters. The zero-order valence-electron chi connectivity index (χ0n) is 10.8. The van der Waals surface area contributed by atoms with Crippen LogP contribution in [0.25, 0.3) is 0 Å². The van der Waals surface area contributed by atoms with Crippen LogP contribution < -0.4 is 5.32 Å². The number of nitrogens with zero attached hydrogens (tertiary/aromatic N) is 1. The Hall–Kier alpha value is -1.39. The van der Waals surface area contributed by atoms with Crippen LogP contribution in [0.3, 0.4) is 0 Å². The molecule has 1 N–H and O–H groups in total. The first kappa shape index (κ1) is 13.1. The number of carbonyl (C=O) groups is 1. The maximum Gasteiger partial charge on any atom is 0.224 e. The predicted octanol–water partition coefficient (Wildman–Crippen LogP) is 1.20. The Labute approximate surface area is 108 Å². The highest BCUT2D eigenvalue weighted by Crippen LogP contribution is 2.22. The van der Waals surface area contributed by atoms with Crippen molar-refractivity contribution in [2.24, 2.45) is 0 Å². The molecule has 1 aromatic rings. The van der Waals surface area contributed by atoms with Gasteiger partial charge in [0.2, 0.25) is 5.91 Å². The van der Waals surface area contributed by atoms with Crippen LogP contribution in [-0.4, -0.2) is 44.1 Å². The van der Waals surface area contributed by atoms with Crippen LogP contribution in [0, 0.1) is 0 Å². The van der Waals surface area contributed by atoms with Gasteiger partial charge >= 0.3 is 0 Å². The fourth-order valence-electron chi connectivity index (χ4n) is 2.14. The Morgan fingerprint density at radius 2 is 2.22 bits per heavy atom. The van der Waals surface area contributed by atoms with Crippen molar-refractivity contribution in [3.05, 3.63) is 35.9 Å². The van der Waals surface area contributed by atoms with Crippen molar-refractivity contribution < 1.29 is 9.53 Å². The summed E-state index contributed by atoms with van der Waals surface area (Å²) in [6, 6.07) is 10.1. The smallest absolute Gasteiger partial charge is 0.224 e. The molecule has 1 aliphatic rings.